The zero-order valence-electron chi connectivity index (χ0n) is 10.6. The van der Waals surface area contributed by atoms with Crippen LogP contribution in [0.25, 0.3) is 0 Å². The maximum atomic E-state index is 12.2. The van der Waals surface area contributed by atoms with E-state index in [1.807, 2.05) is 23.1 Å². The van der Waals surface area contributed by atoms with Crippen molar-refractivity contribution < 1.29 is 4.79 Å². The van der Waals surface area contributed by atoms with E-state index in [0.29, 0.717) is 12.3 Å². The van der Waals surface area contributed by atoms with Gasteiger partial charge in [0.15, 0.2) is 0 Å². The minimum atomic E-state index is 0.284. The van der Waals surface area contributed by atoms with E-state index < -0.39 is 0 Å². The number of hydrogen-bond donors (Lipinski definition) is 0. The summed E-state index contributed by atoms with van der Waals surface area (Å²) in [6.07, 6.45) is 4.67. The third kappa shape index (κ3) is 3.26. The maximum absolute atomic E-state index is 12.2. The van der Waals surface area contributed by atoms with Crippen LogP contribution < -0.4 is 0 Å². The van der Waals surface area contributed by atoms with E-state index in [2.05, 4.69) is 12.1 Å². The van der Waals surface area contributed by atoms with Gasteiger partial charge in [-0.25, -0.2) is 0 Å². The molecule has 0 N–H and O–H groups in total. The Morgan fingerprint density at radius 1 is 1.28 bits per heavy atom. The molecule has 1 aromatic rings. The van der Waals surface area contributed by atoms with Crippen molar-refractivity contribution in [2.75, 3.05) is 12.4 Å². The van der Waals surface area contributed by atoms with Gasteiger partial charge in [0.25, 0.3) is 0 Å². The Morgan fingerprint density at radius 2 is 2.06 bits per heavy atom. The summed E-state index contributed by atoms with van der Waals surface area (Å²) in [5.41, 5.74) is 1.26. The molecule has 3 heteroatoms. The van der Waals surface area contributed by atoms with Crippen LogP contribution in [0.5, 0.6) is 0 Å². The van der Waals surface area contributed by atoms with E-state index in [1.54, 1.807) is 0 Å². The molecule has 0 aromatic heterocycles. The summed E-state index contributed by atoms with van der Waals surface area (Å²) < 4.78 is 0. The molecule has 1 aliphatic rings. The molecule has 0 radical (unpaired) electrons. The predicted molar refractivity (Wildman–Crippen MR) is 74.7 cm³/mol. The molecule has 1 aromatic carbocycles. The Hall–Kier alpha value is -1.02. The second-order valence-electron chi connectivity index (χ2n) is 4.80. The number of nitrogens with zero attached hydrogens (tertiary/aromatic N) is 1. The number of hydrogen-bond acceptors (Lipinski definition) is 1. The largest absolute Gasteiger partial charge is 0.336 e. The van der Waals surface area contributed by atoms with Crippen LogP contribution in [-0.4, -0.2) is 23.2 Å². The molecule has 18 heavy (non-hydrogen) atoms. The minimum Gasteiger partial charge on any atom is -0.336 e. The lowest BCUT2D eigenvalue weighted by Crippen LogP contribution is -2.30. The van der Waals surface area contributed by atoms with E-state index >= 15 is 0 Å². The molecule has 2 rings (SSSR count). The lowest BCUT2D eigenvalue weighted by molar-refractivity contribution is -0.132. The van der Waals surface area contributed by atoms with Crippen LogP contribution in [0.15, 0.2) is 30.3 Å². The van der Waals surface area contributed by atoms with Crippen molar-refractivity contribution in [3.63, 3.8) is 0 Å². The standard InChI is InChI=1S/C15H20ClNO/c16-11-5-4-10-15(18)17-12-6-9-14(17)13-7-2-1-3-8-13/h1-3,7-8,14H,4-6,9-12H2. The summed E-state index contributed by atoms with van der Waals surface area (Å²) in [6.45, 7) is 0.902. The fourth-order valence-electron chi connectivity index (χ4n) is 2.60. The highest BCUT2D eigenvalue weighted by Crippen LogP contribution is 2.32. The second-order valence-corrected chi connectivity index (χ2v) is 5.18. The third-order valence-electron chi connectivity index (χ3n) is 3.53. The zero-order valence-corrected chi connectivity index (χ0v) is 11.4. The van der Waals surface area contributed by atoms with E-state index in [4.69, 9.17) is 11.6 Å². The van der Waals surface area contributed by atoms with Crippen LogP contribution in [-0.2, 0) is 4.79 Å². The number of carbonyl (C=O) groups is 1. The Bertz CT molecular complexity index is 379. The summed E-state index contributed by atoms with van der Waals surface area (Å²) in [4.78, 5) is 14.2. The van der Waals surface area contributed by atoms with E-state index in [1.165, 1.54) is 5.56 Å². The fourth-order valence-corrected chi connectivity index (χ4v) is 2.79. The highest BCUT2D eigenvalue weighted by Gasteiger charge is 2.29. The van der Waals surface area contributed by atoms with Gasteiger partial charge < -0.3 is 4.90 Å². The molecular formula is C15H20ClNO. The van der Waals surface area contributed by atoms with Gasteiger partial charge >= 0.3 is 0 Å². The van der Waals surface area contributed by atoms with Crippen LogP contribution in [0.4, 0.5) is 0 Å². The monoisotopic (exact) mass is 265 g/mol. The first-order valence-electron chi connectivity index (χ1n) is 6.73. The molecule has 1 heterocycles. The minimum absolute atomic E-state index is 0.284. The normalized spacial score (nSPS) is 19.2. The molecule has 98 valence electrons. The summed E-state index contributed by atoms with van der Waals surface area (Å²) >= 11 is 5.64. The maximum Gasteiger partial charge on any atom is 0.223 e. The molecule has 2 nitrogen and oxygen atoms in total. The number of amides is 1. The molecule has 0 aliphatic carbocycles. The number of carbonyl (C=O) groups excluding carboxylic acids is 1. The van der Waals surface area contributed by atoms with E-state index in [-0.39, 0.29) is 11.9 Å². The highest BCUT2D eigenvalue weighted by atomic mass is 35.5. The molecule has 1 aliphatic heterocycles. The molecule has 1 unspecified atom stereocenters. The van der Waals surface area contributed by atoms with Crippen LogP contribution in [0.1, 0.15) is 43.7 Å². The van der Waals surface area contributed by atoms with Crippen LogP contribution in [0, 0.1) is 0 Å². The van der Waals surface area contributed by atoms with E-state index in [0.717, 1.165) is 32.2 Å². The zero-order chi connectivity index (χ0) is 12.8. The van der Waals surface area contributed by atoms with Gasteiger partial charge in [0.05, 0.1) is 6.04 Å². The first-order chi connectivity index (χ1) is 8.83. The number of unbranched alkanes of at least 4 members (excludes halogenated alkanes) is 1. The quantitative estimate of drug-likeness (QED) is 0.586. The smallest absolute Gasteiger partial charge is 0.223 e. The average molecular weight is 266 g/mol. The van der Waals surface area contributed by atoms with Crippen LogP contribution in [0.3, 0.4) is 0 Å². The van der Waals surface area contributed by atoms with Gasteiger partial charge in [-0.05, 0) is 31.2 Å². The van der Waals surface area contributed by atoms with Crippen molar-refractivity contribution >= 4 is 17.5 Å². The molecule has 0 spiro atoms. The number of alkyl halides is 1. The molecule has 0 saturated carbocycles. The molecule has 1 amide bonds. The van der Waals surface area contributed by atoms with E-state index in [9.17, 15) is 4.79 Å². The van der Waals surface area contributed by atoms with Crippen LogP contribution in [0.2, 0.25) is 0 Å². The molecule has 1 fully saturated rings. The van der Waals surface area contributed by atoms with Gasteiger partial charge in [0.1, 0.15) is 0 Å². The molecule has 1 atom stereocenters. The number of rotatable bonds is 5. The van der Waals surface area contributed by atoms with Crippen molar-refractivity contribution in [2.45, 2.75) is 38.1 Å². The van der Waals surface area contributed by atoms with Crippen molar-refractivity contribution in [1.82, 2.24) is 4.90 Å². The van der Waals surface area contributed by atoms with Crippen molar-refractivity contribution in [2.24, 2.45) is 0 Å². The Morgan fingerprint density at radius 3 is 2.78 bits per heavy atom. The van der Waals surface area contributed by atoms with Crippen molar-refractivity contribution in [3.05, 3.63) is 35.9 Å². The summed E-state index contributed by atoms with van der Waals surface area (Å²) in [6, 6.07) is 10.6. The van der Waals surface area contributed by atoms with Gasteiger partial charge in [-0.3, -0.25) is 4.79 Å². The van der Waals surface area contributed by atoms with Crippen molar-refractivity contribution in [3.8, 4) is 0 Å². The van der Waals surface area contributed by atoms with Gasteiger partial charge in [0, 0.05) is 18.8 Å². The number of benzene rings is 1. The van der Waals surface area contributed by atoms with Gasteiger partial charge in [0.2, 0.25) is 5.91 Å². The number of likely N-dealkylation sites (tertiary alicyclic amines) is 1. The van der Waals surface area contributed by atoms with Gasteiger partial charge in [-0.15, -0.1) is 11.6 Å². The molecular weight excluding hydrogens is 246 g/mol. The summed E-state index contributed by atoms with van der Waals surface area (Å²) in [5, 5.41) is 0. The highest BCUT2D eigenvalue weighted by molar-refractivity contribution is 6.17. The number of halogens is 1. The molecule has 0 bridgehead atoms. The second kappa shape index (κ2) is 6.79. The van der Waals surface area contributed by atoms with Crippen molar-refractivity contribution in [1.29, 1.82) is 0 Å². The van der Waals surface area contributed by atoms with Crippen LogP contribution >= 0.6 is 11.6 Å². The van der Waals surface area contributed by atoms with Gasteiger partial charge in [-0.2, -0.15) is 0 Å². The topological polar surface area (TPSA) is 20.3 Å². The first kappa shape index (κ1) is 13.4. The summed E-state index contributed by atoms with van der Waals surface area (Å²) in [5.74, 6) is 0.932. The lowest BCUT2D eigenvalue weighted by atomic mass is 10.0. The van der Waals surface area contributed by atoms with Gasteiger partial charge in [-0.1, -0.05) is 30.3 Å². The Kier molecular flexibility index (Phi) is 5.06. The summed E-state index contributed by atoms with van der Waals surface area (Å²) in [7, 11) is 0. The Balaban J connectivity index is 1.97. The average Bonchev–Trinajstić information content (AvgIpc) is 2.89. The molecule has 1 saturated heterocycles. The SMILES string of the molecule is O=C(CCCCCl)N1CCCC1c1ccccc1. The Labute approximate surface area is 114 Å². The third-order valence-corrected chi connectivity index (χ3v) is 3.80. The predicted octanol–water partition coefficient (Wildman–Crippen LogP) is 3.76. The lowest BCUT2D eigenvalue weighted by Gasteiger charge is -2.25. The fraction of sp³-hybridized carbons (Fsp3) is 0.533. The first-order valence-corrected chi connectivity index (χ1v) is 7.27.